The van der Waals surface area contributed by atoms with Crippen molar-refractivity contribution in [2.45, 2.75) is 0 Å². The Morgan fingerprint density at radius 3 is 2.17 bits per heavy atom. The Hall–Kier alpha value is 1.24. The van der Waals surface area contributed by atoms with Crippen LogP contribution in [-0.2, 0) is 4.79 Å². The van der Waals surface area contributed by atoms with Gasteiger partial charge in [0, 0.05) is 0 Å². The summed E-state index contributed by atoms with van der Waals surface area (Å²) < 4.78 is 0. The first-order valence-electron chi connectivity index (χ1n) is 1.19. The van der Waals surface area contributed by atoms with Gasteiger partial charge in [0.25, 0.3) is 0 Å². The van der Waals surface area contributed by atoms with E-state index in [-0.39, 0.29) is 66.2 Å². The average Bonchev–Trinajstić information content (AvgIpc) is 1.38. The van der Waals surface area contributed by atoms with Crippen molar-refractivity contribution < 1.29 is 69.5 Å². The fourth-order valence-corrected chi connectivity index (χ4v) is 0. The van der Waals surface area contributed by atoms with Crippen molar-refractivity contribution in [3.05, 3.63) is 0 Å². The van der Waals surface area contributed by atoms with Crippen LogP contribution in [0.4, 0.5) is 0 Å². The van der Waals surface area contributed by atoms with Crippen LogP contribution in [0.25, 0.3) is 0 Å². The van der Waals surface area contributed by atoms with Crippen LogP contribution in [0.3, 0.4) is 0 Å². The van der Waals surface area contributed by atoms with E-state index in [1.165, 1.54) is 0 Å². The standard InChI is InChI=1S/C2H5NO2.Rb.H/c3-1-2(4)5;;/h1,3H2,(H,4,5);;/q;+1;-1. The minimum Gasteiger partial charge on any atom is -1.00 e. The summed E-state index contributed by atoms with van der Waals surface area (Å²) in [5, 5.41) is 7.60. The summed E-state index contributed by atoms with van der Waals surface area (Å²) in [5.41, 5.74) is 4.57. The molecule has 0 aromatic heterocycles. The first-order chi connectivity index (χ1) is 2.27. The normalized spacial score (nSPS) is 6.17. The van der Waals surface area contributed by atoms with Crippen LogP contribution in [0.2, 0.25) is 0 Å². The van der Waals surface area contributed by atoms with Gasteiger partial charge >= 0.3 is 64.2 Å². The van der Waals surface area contributed by atoms with E-state index in [1.807, 2.05) is 0 Å². The molecule has 6 heavy (non-hydrogen) atoms. The van der Waals surface area contributed by atoms with Crippen molar-refractivity contribution in [3.8, 4) is 0 Å². The van der Waals surface area contributed by atoms with Crippen LogP contribution in [0.5, 0.6) is 0 Å². The van der Waals surface area contributed by atoms with Gasteiger partial charge in [-0.25, -0.2) is 0 Å². The molecule has 0 radical (unpaired) electrons. The SMILES string of the molecule is NCC(=O)O.[H-].[Rb+]. The Balaban J connectivity index is -0.0000000800. The van der Waals surface area contributed by atoms with E-state index in [1.54, 1.807) is 0 Å². The van der Waals surface area contributed by atoms with Crippen molar-refractivity contribution in [2.24, 2.45) is 5.73 Å². The van der Waals surface area contributed by atoms with Crippen molar-refractivity contribution in [1.82, 2.24) is 0 Å². The summed E-state index contributed by atoms with van der Waals surface area (Å²) in [7, 11) is 0. The fourth-order valence-electron chi connectivity index (χ4n) is 0. The van der Waals surface area contributed by atoms with E-state index in [9.17, 15) is 4.79 Å². The van der Waals surface area contributed by atoms with Crippen LogP contribution in [0.1, 0.15) is 1.43 Å². The second-order valence-corrected chi connectivity index (χ2v) is 0.598. The van der Waals surface area contributed by atoms with Gasteiger partial charge in [0.15, 0.2) is 0 Å². The topological polar surface area (TPSA) is 63.3 Å². The van der Waals surface area contributed by atoms with Gasteiger partial charge in [-0.05, 0) is 0 Å². The van der Waals surface area contributed by atoms with Gasteiger partial charge in [0.1, 0.15) is 0 Å². The fraction of sp³-hybridized carbons (Fsp3) is 0.500. The van der Waals surface area contributed by atoms with Gasteiger partial charge in [-0.1, -0.05) is 0 Å². The average molecular weight is 162 g/mol. The van der Waals surface area contributed by atoms with Crippen molar-refractivity contribution >= 4 is 5.97 Å². The minimum atomic E-state index is -0.968. The number of hydrogen-bond donors (Lipinski definition) is 2. The third-order valence-corrected chi connectivity index (χ3v) is 0.175. The van der Waals surface area contributed by atoms with Gasteiger partial charge in [-0.3, -0.25) is 4.79 Å². The molecule has 0 fully saturated rings. The Labute approximate surface area is 86.2 Å². The van der Waals surface area contributed by atoms with Gasteiger partial charge in [-0.2, -0.15) is 0 Å². The zero-order valence-corrected chi connectivity index (χ0v) is 8.56. The van der Waals surface area contributed by atoms with Crippen LogP contribution in [0, 0.1) is 0 Å². The third kappa shape index (κ3) is 8.97. The van der Waals surface area contributed by atoms with Gasteiger partial charge < -0.3 is 12.3 Å². The van der Waals surface area contributed by atoms with Crippen LogP contribution < -0.4 is 63.9 Å². The molecule has 0 aliphatic rings. The molecule has 0 saturated carbocycles. The number of aliphatic carboxylic acids is 1. The molecule has 0 rings (SSSR count). The van der Waals surface area contributed by atoms with Crippen molar-refractivity contribution in [1.29, 1.82) is 0 Å². The Bertz CT molecular complexity index is 51.0. The largest absolute Gasteiger partial charge is 1.00 e. The van der Waals surface area contributed by atoms with Crippen molar-refractivity contribution in [2.75, 3.05) is 6.54 Å². The number of rotatable bonds is 1. The maximum atomic E-state index is 9.24. The molecule has 0 unspecified atom stereocenters. The Morgan fingerprint density at radius 1 is 2.00 bits per heavy atom. The zero-order valence-electron chi connectivity index (χ0n) is 4.64. The Kier molecular flexibility index (Phi) is 10.7. The predicted molar refractivity (Wildman–Crippen MR) is 17.8 cm³/mol. The quantitative estimate of drug-likeness (QED) is 0.414. The Morgan fingerprint density at radius 2 is 2.17 bits per heavy atom. The van der Waals surface area contributed by atoms with Gasteiger partial charge in [0.05, 0.1) is 6.54 Å². The number of carbonyl (C=O) groups is 1. The smallest absolute Gasteiger partial charge is 1.00 e. The molecule has 4 heteroatoms. The van der Waals surface area contributed by atoms with E-state index in [4.69, 9.17) is 5.11 Å². The molecular weight excluding hydrogens is 155 g/mol. The molecule has 0 bridgehead atoms. The van der Waals surface area contributed by atoms with Crippen LogP contribution >= 0.6 is 0 Å². The molecule has 0 aromatic carbocycles. The predicted octanol–water partition coefficient (Wildman–Crippen LogP) is -3.85. The van der Waals surface area contributed by atoms with Crippen LogP contribution in [-0.4, -0.2) is 17.6 Å². The molecule has 3 nitrogen and oxygen atoms in total. The molecule has 0 aliphatic heterocycles. The molecule has 0 amide bonds. The number of nitrogens with two attached hydrogens (primary N) is 1. The summed E-state index contributed by atoms with van der Waals surface area (Å²) in [4.78, 5) is 9.24. The summed E-state index contributed by atoms with van der Waals surface area (Å²) in [6.45, 7) is -0.278. The molecule has 3 N–H and O–H groups in total. The third-order valence-electron chi connectivity index (χ3n) is 0.175. The second kappa shape index (κ2) is 6.24. The maximum absolute atomic E-state index is 9.24. The summed E-state index contributed by atoms with van der Waals surface area (Å²) in [6, 6.07) is 0. The van der Waals surface area contributed by atoms with E-state index in [2.05, 4.69) is 5.73 Å². The zero-order chi connectivity index (χ0) is 4.28. The molecule has 0 heterocycles. The summed E-state index contributed by atoms with van der Waals surface area (Å²) >= 11 is 0. The summed E-state index contributed by atoms with van der Waals surface area (Å²) in [6.07, 6.45) is 0. The molecule has 32 valence electrons. The number of carboxylic acids is 1. The van der Waals surface area contributed by atoms with E-state index < -0.39 is 5.97 Å². The molecule has 0 aromatic rings. The minimum absolute atomic E-state index is 0. The van der Waals surface area contributed by atoms with Gasteiger partial charge in [-0.15, -0.1) is 0 Å². The van der Waals surface area contributed by atoms with Crippen LogP contribution in [0.15, 0.2) is 0 Å². The molecule has 0 atom stereocenters. The van der Waals surface area contributed by atoms with Gasteiger partial charge in [0.2, 0.25) is 0 Å². The molecular formula is C2H6NO2Rb. The first-order valence-corrected chi connectivity index (χ1v) is 1.19. The number of hydrogen-bond acceptors (Lipinski definition) is 2. The van der Waals surface area contributed by atoms with E-state index in [0.717, 1.165) is 0 Å². The summed E-state index contributed by atoms with van der Waals surface area (Å²) in [5.74, 6) is -0.968. The monoisotopic (exact) mass is 161 g/mol. The van der Waals surface area contributed by atoms with E-state index >= 15 is 0 Å². The maximum Gasteiger partial charge on any atom is 1.00 e. The molecule has 0 saturated heterocycles. The van der Waals surface area contributed by atoms with Crippen molar-refractivity contribution in [3.63, 3.8) is 0 Å². The molecule has 0 spiro atoms. The number of carboxylic acid groups (broad SMARTS) is 1. The first kappa shape index (κ1) is 10.3. The van der Waals surface area contributed by atoms with E-state index in [0.29, 0.717) is 0 Å². The molecule has 0 aliphatic carbocycles. The second-order valence-electron chi connectivity index (χ2n) is 0.598.